The van der Waals surface area contributed by atoms with Crippen molar-refractivity contribution in [3.63, 3.8) is 0 Å². The standard InChI is InChI=1S/C39H49N3O8/c1-8-35(43)49-25(4)47-23-34(24(2)3)41-36(44)33(42-38(46)50-39(5,6)7)21-26-17-19-27(20-18-26)40-37(45)48-22-32-30-15-11-9-13-28(30)29-14-10-12-16-31(29)32/h9-20,24-25,32-34H,8,21-23H2,1-7H3,(H,40,45)(H,41,44)(H,42,46). The van der Waals surface area contributed by atoms with Gasteiger partial charge in [0.05, 0.1) is 12.6 Å². The summed E-state index contributed by atoms with van der Waals surface area (Å²) >= 11 is 0. The summed E-state index contributed by atoms with van der Waals surface area (Å²) in [6.45, 7) is 12.7. The molecule has 4 rings (SSSR count). The summed E-state index contributed by atoms with van der Waals surface area (Å²) in [5.74, 6) is -0.903. The van der Waals surface area contributed by atoms with E-state index in [1.54, 1.807) is 58.9 Å². The molecule has 0 spiro atoms. The predicted octanol–water partition coefficient (Wildman–Crippen LogP) is 6.94. The van der Waals surface area contributed by atoms with E-state index in [1.165, 1.54) is 0 Å². The molecule has 0 saturated carbocycles. The fourth-order valence-electron chi connectivity index (χ4n) is 5.60. The highest BCUT2D eigenvalue weighted by molar-refractivity contribution is 5.87. The van der Waals surface area contributed by atoms with Crippen molar-refractivity contribution in [3.8, 4) is 11.1 Å². The zero-order valence-electron chi connectivity index (χ0n) is 29.9. The van der Waals surface area contributed by atoms with E-state index in [-0.39, 0.29) is 43.9 Å². The summed E-state index contributed by atoms with van der Waals surface area (Å²) in [7, 11) is 0. The first-order valence-electron chi connectivity index (χ1n) is 17.1. The van der Waals surface area contributed by atoms with Crippen molar-refractivity contribution in [1.29, 1.82) is 0 Å². The van der Waals surface area contributed by atoms with Gasteiger partial charge in [0.25, 0.3) is 0 Å². The van der Waals surface area contributed by atoms with Crippen LogP contribution in [0, 0.1) is 5.92 Å². The van der Waals surface area contributed by atoms with Gasteiger partial charge in [-0.2, -0.15) is 0 Å². The van der Waals surface area contributed by atoms with Crippen LogP contribution in [-0.2, 0) is 35.0 Å². The van der Waals surface area contributed by atoms with Crippen molar-refractivity contribution in [3.05, 3.63) is 89.5 Å². The Labute approximate surface area is 294 Å². The lowest BCUT2D eigenvalue weighted by Crippen LogP contribution is -2.53. The maximum absolute atomic E-state index is 13.6. The Balaban J connectivity index is 1.38. The molecule has 3 unspecified atom stereocenters. The van der Waals surface area contributed by atoms with Gasteiger partial charge in [0, 0.05) is 24.4 Å². The Morgan fingerprint density at radius 2 is 1.40 bits per heavy atom. The Morgan fingerprint density at radius 3 is 1.96 bits per heavy atom. The Morgan fingerprint density at radius 1 is 0.800 bits per heavy atom. The van der Waals surface area contributed by atoms with Crippen molar-refractivity contribution >= 4 is 29.8 Å². The van der Waals surface area contributed by atoms with E-state index in [0.29, 0.717) is 5.69 Å². The molecule has 11 heteroatoms. The molecule has 0 aliphatic heterocycles. The third-order valence-electron chi connectivity index (χ3n) is 8.22. The van der Waals surface area contributed by atoms with Crippen molar-refractivity contribution in [2.24, 2.45) is 5.92 Å². The summed E-state index contributed by atoms with van der Waals surface area (Å²) in [4.78, 5) is 50.8. The second-order valence-electron chi connectivity index (χ2n) is 13.7. The molecule has 1 aliphatic rings. The number of carbonyl (C=O) groups excluding carboxylic acids is 4. The molecule has 0 radical (unpaired) electrons. The number of carbonyl (C=O) groups is 4. The number of benzene rings is 3. The minimum Gasteiger partial charge on any atom is -0.448 e. The Hall–Kier alpha value is -4.90. The van der Waals surface area contributed by atoms with Gasteiger partial charge in [-0.3, -0.25) is 14.9 Å². The molecule has 3 aromatic rings. The summed E-state index contributed by atoms with van der Waals surface area (Å²) in [5.41, 5.74) is 5.04. The SMILES string of the molecule is CCC(=O)OC(C)OCC(NC(=O)C(Cc1ccc(NC(=O)OCC2c3ccccc3-c3ccccc32)cc1)NC(=O)OC(C)(C)C)C(C)C. The van der Waals surface area contributed by atoms with E-state index in [1.807, 2.05) is 38.1 Å². The zero-order chi connectivity index (χ0) is 36.4. The maximum atomic E-state index is 13.6. The van der Waals surface area contributed by atoms with Crippen LogP contribution < -0.4 is 16.0 Å². The minimum absolute atomic E-state index is 0.0292. The van der Waals surface area contributed by atoms with Gasteiger partial charge in [-0.15, -0.1) is 0 Å². The van der Waals surface area contributed by atoms with E-state index in [4.69, 9.17) is 18.9 Å². The van der Waals surface area contributed by atoms with E-state index >= 15 is 0 Å². The van der Waals surface area contributed by atoms with Crippen LogP contribution in [0.15, 0.2) is 72.8 Å². The molecule has 0 fully saturated rings. The van der Waals surface area contributed by atoms with Crippen LogP contribution in [0.25, 0.3) is 11.1 Å². The molecular formula is C39H49N3O8. The Bertz CT molecular complexity index is 1590. The molecule has 50 heavy (non-hydrogen) atoms. The molecule has 0 saturated heterocycles. The lowest BCUT2D eigenvalue weighted by Gasteiger charge is -2.28. The average Bonchev–Trinajstić information content (AvgIpc) is 3.38. The van der Waals surface area contributed by atoms with Gasteiger partial charge in [0.1, 0.15) is 18.2 Å². The highest BCUT2D eigenvalue weighted by Crippen LogP contribution is 2.44. The number of amides is 3. The van der Waals surface area contributed by atoms with Gasteiger partial charge in [-0.05, 0) is 73.6 Å². The van der Waals surface area contributed by atoms with Crippen LogP contribution in [0.1, 0.15) is 77.5 Å². The number of ether oxygens (including phenoxy) is 4. The third kappa shape index (κ3) is 10.8. The summed E-state index contributed by atoms with van der Waals surface area (Å²) in [6, 6.07) is 21.8. The van der Waals surface area contributed by atoms with Crippen LogP contribution in [0.4, 0.5) is 15.3 Å². The van der Waals surface area contributed by atoms with Gasteiger partial charge in [-0.1, -0.05) is 81.4 Å². The van der Waals surface area contributed by atoms with Gasteiger partial charge >= 0.3 is 18.2 Å². The molecular weight excluding hydrogens is 638 g/mol. The highest BCUT2D eigenvalue weighted by atomic mass is 16.7. The number of anilines is 1. The second-order valence-corrected chi connectivity index (χ2v) is 13.7. The largest absolute Gasteiger partial charge is 0.448 e. The first-order valence-corrected chi connectivity index (χ1v) is 17.1. The molecule has 11 nitrogen and oxygen atoms in total. The topological polar surface area (TPSA) is 141 Å². The fourth-order valence-corrected chi connectivity index (χ4v) is 5.60. The average molecular weight is 688 g/mol. The molecule has 3 N–H and O–H groups in total. The molecule has 0 aromatic heterocycles. The van der Waals surface area contributed by atoms with E-state index in [0.717, 1.165) is 27.8 Å². The van der Waals surface area contributed by atoms with Crippen LogP contribution in [0.2, 0.25) is 0 Å². The highest BCUT2D eigenvalue weighted by Gasteiger charge is 2.30. The quantitative estimate of drug-likeness (QED) is 0.0941. The summed E-state index contributed by atoms with van der Waals surface area (Å²) in [5, 5.41) is 8.44. The minimum atomic E-state index is -0.984. The van der Waals surface area contributed by atoms with Gasteiger partial charge in [0.15, 0.2) is 6.29 Å². The molecule has 268 valence electrons. The van der Waals surface area contributed by atoms with E-state index in [2.05, 4.69) is 40.2 Å². The van der Waals surface area contributed by atoms with Crippen molar-refractivity contribution < 1.29 is 38.1 Å². The van der Waals surface area contributed by atoms with Gasteiger partial charge in [-0.25, -0.2) is 9.59 Å². The lowest BCUT2D eigenvalue weighted by atomic mass is 9.98. The smallest absolute Gasteiger partial charge is 0.411 e. The molecule has 1 aliphatic carbocycles. The van der Waals surface area contributed by atoms with Crippen molar-refractivity contribution in [2.45, 2.75) is 91.2 Å². The van der Waals surface area contributed by atoms with Crippen LogP contribution >= 0.6 is 0 Å². The van der Waals surface area contributed by atoms with Crippen LogP contribution in [0.3, 0.4) is 0 Å². The van der Waals surface area contributed by atoms with Crippen LogP contribution in [-0.4, -0.2) is 61.3 Å². The zero-order valence-corrected chi connectivity index (χ0v) is 29.9. The first kappa shape index (κ1) is 37.9. The second kappa shape index (κ2) is 17.2. The normalized spacial score (nSPS) is 14.1. The molecule has 3 aromatic carbocycles. The maximum Gasteiger partial charge on any atom is 0.411 e. The van der Waals surface area contributed by atoms with Gasteiger partial charge < -0.3 is 29.6 Å². The predicted molar refractivity (Wildman–Crippen MR) is 191 cm³/mol. The summed E-state index contributed by atoms with van der Waals surface area (Å²) < 4.78 is 22.0. The monoisotopic (exact) mass is 687 g/mol. The fraction of sp³-hybridized carbons (Fsp3) is 0.436. The van der Waals surface area contributed by atoms with Crippen molar-refractivity contribution in [2.75, 3.05) is 18.5 Å². The van der Waals surface area contributed by atoms with Gasteiger partial charge in [0.2, 0.25) is 5.91 Å². The number of hydrogen-bond donors (Lipinski definition) is 3. The van der Waals surface area contributed by atoms with Crippen LogP contribution in [0.5, 0.6) is 0 Å². The summed E-state index contributed by atoms with van der Waals surface area (Å²) in [6.07, 6.45) is -1.72. The third-order valence-corrected chi connectivity index (χ3v) is 8.22. The molecule has 0 heterocycles. The number of fused-ring (bicyclic) bond motifs is 3. The number of rotatable bonds is 14. The van der Waals surface area contributed by atoms with E-state index < -0.39 is 42.1 Å². The molecule has 3 atom stereocenters. The van der Waals surface area contributed by atoms with E-state index in [9.17, 15) is 19.2 Å². The molecule has 3 amide bonds. The number of nitrogens with one attached hydrogen (secondary N) is 3. The molecule has 0 bridgehead atoms. The lowest BCUT2D eigenvalue weighted by molar-refractivity contribution is -0.176. The number of esters is 1. The van der Waals surface area contributed by atoms with Crippen molar-refractivity contribution in [1.82, 2.24) is 10.6 Å². The number of hydrogen-bond acceptors (Lipinski definition) is 8. The number of alkyl carbamates (subject to hydrolysis) is 1. The first-order chi connectivity index (χ1) is 23.7. The Kier molecular flexibility index (Phi) is 13.0.